The number of carbonyl (C=O) groups is 1. The zero-order chi connectivity index (χ0) is 20.6. The monoisotopic (exact) mass is 401 g/mol. The topological polar surface area (TPSA) is 56.8 Å². The Kier molecular flexibility index (Phi) is 7.47. The van der Waals surface area contributed by atoms with Crippen molar-refractivity contribution in [2.75, 3.05) is 27.4 Å². The summed E-state index contributed by atoms with van der Waals surface area (Å²) in [5.74, 6) is 0.612. The number of halogens is 1. The molecule has 1 N–H and O–H groups in total. The molecule has 0 saturated heterocycles. The van der Waals surface area contributed by atoms with Gasteiger partial charge in [-0.2, -0.15) is 0 Å². The van der Waals surface area contributed by atoms with Gasteiger partial charge in [-0.25, -0.2) is 9.18 Å². The molecule has 0 aliphatic heterocycles. The third kappa shape index (κ3) is 5.48. The maximum Gasteiger partial charge on any atom is 0.407 e. The summed E-state index contributed by atoms with van der Waals surface area (Å²) < 4.78 is 29.5. The normalized spacial score (nSPS) is 19.6. The van der Waals surface area contributed by atoms with E-state index < -0.39 is 6.09 Å². The lowest BCUT2D eigenvalue weighted by molar-refractivity contribution is 0.146. The van der Waals surface area contributed by atoms with Gasteiger partial charge in [0.1, 0.15) is 18.2 Å². The van der Waals surface area contributed by atoms with E-state index in [4.69, 9.17) is 14.2 Å². The van der Waals surface area contributed by atoms with Crippen molar-refractivity contribution in [2.24, 2.45) is 5.92 Å². The van der Waals surface area contributed by atoms with Gasteiger partial charge in [0, 0.05) is 19.1 Å². The van der Waals surface area contributed by atoms with Crippen molar-refractivity contribution in [3.63, 3.8) is 0 Å². The maximum absolute atomic E-state index is 14.0. The SMILES string of the molecule is COCCOc1ccc(C(c2cccc(F)c2)[C@H]2CCC[C@@H]2NC(=O)OC)cc1. The molecule has 2 aromatic rings. The highest BCUT2D eigenvalue weighted by Crippen LogP contribution is 2.42. The van der Waals surface area contributed by atoms with Crippen LogP contribution in [0, 0.1) is 11.7 Å². The van der Waals surface area contributed by atoms with Crippen LogP contribution in [0.5, 0.6) is 5.75 Å². The molecule has 1 amide bonds. The Labute approximate surface area is 171 Å². The van der Waals surface area contributed by atoms with Crippen LogP contribution in [0.3, 0.4) is 0 Å². The molecular formula is C23H28FNO4. The fourth-order valence-electron chi connectivity index (χ4n) is 4.18. The van der Waals surface area contributed by atoms with E-state index in [2.05, 4.69) is 5.32 Å². The van der Waals surface area contributed by atoms with Crippen LogP contribution in [-0.2, 0) is 9.47 Å². The van der Waals surface area contributed by atoms with Crippen molar-refractivity contribution in [1.82, 2.24) is 5.32 Å². The van der Waals surface area contributed by atoms with E-state index in [0.717, 1.165) is 36.1 Å². The summed E-state index contributed by atoms with van der Waals surface area (Å²) in [6, 6.07) is 14.6. The molecule has 1 unspecified atom stereocenters. The summed E-state index contributed by atoms with van der Waals surface area (Å²) in [4.78, 5) is 11.8. The van der Waals surface area contributed by atoms with E-state index in [1.165, 1.54) is 13.2 Å². The van der Waals surface area contributed by atoms with Crippen LogP contribution in [0.4, 0.5) is 9.18 Å². The van der Waals surface area contributed by atoms with Crippen LogP contribution < -0.4 is 10.1 Å². The van der Waals surface area contributed by atoms with E-state index in [1.807, 2.05) is 30.3 Å². The first-order valence-electron chi connectivity index (χ1n) is 9.94. The smallest absolute Gasteiger partial charge is 0.407 e. The highest BCUT2D eigenvalue weighted by atomic mass is 19.1. The molecule has 0 aromatic heterocycles. The molecule has 6 heteroatoms. The summed E-state index contributed by atoms with van der Waals surface area (Å²) >= 11 is 0. The highest BCUT2D eigenvalue weighted by Gasteiger charge is 2.36. The van der Waals surface area contributed by atoms with Gasteiger partial charge < -0.3 is 19.5 Å². The number of rotatable bonds is 8. The van der Waals surface area contributed by atoms with E-state index in [0.29, 0.717) is 13.2 Å². The highest BCUT2D eigenvalue weighted by molar-refractivity contribution is 5.67. The van der Waals surface area contributed by atoms with Crippen LogP contribution in [0.15, 0.2) is 48.5 Å². The molecule has 3 atom stereocenters. The van der Waals surface area contributed by atoms with Crippen LogP contribution in [0.1, 0.15) is 36.3 Å². The van der Waals surface area contributed by atoms with Crippen molar-refractivity contribution >= 4 is 6.09 Å². The third-order valence-electron chi connectivity index (χ3n) is 5.49. The second-order valence-electron chi connectivity index (χ2n) is 7.28. The van der Waals surface area contributed by atoms with Crippen molar-refractivity contribution in [3.05, 3.63) is 65.5 Å². The molecular weight excluding hydrogens is 373 g/mol. The Morgan fingerprint density at radius 2 is 1.90 bits per heavy atom. The minimum absolute atomic E-state index is 0.0200. The molecule has 0 heterocycles. The lowest BCUT2D eigenvalue weighted by Crippen LogP contribution is -2.39. The minimum Gasteiger partial charge on any atom is -0.491 e. The average Bonchev–Trinajstić information content (AvgIpc) is 3.17. The standard InChI is InChI=1S/C23H28FNO4/c1-27-13-14-29-19-11-9-16(10-12-19)22(17-5-3-6-18(24)15-17)20-7-4-8-21(20)25-23(26)28-2/h3,5-6,9-12,15,20-22H,4,7-8,13-14H2,1-2H3,(H,25,26)/t20-,21-,22?/m0/s1. The minimum atomic E-state index is -0.429. The molecule has 5 nitrogen and oxygen atoms in total. The predicted molar refractivity (Wildman–Crippen MR) is 109 cm³/mol. The number of alkyl carbamates (subject to hydrolysis) is 1. The predicted octanol–water partition coefficient (Wildman–Crippen LogP) is 4.51. The molecule has 1 aliphatic carbocycles. The molecule has 3 rings (SSSR count). The van der Waals surface area contributed by atoms with Gasteiger partial charge in [0.25, 0.3) is 0 Å². The number of carbonyl (C=O) groups excluding carboxylic acids is 1. The number of benzene rings is 2. The Balaban J connectivity index is 1.88. The first-order valence-corrected chi connectivity index (χ1v) is 9.94. The Bertz CT molecular complexity index is 796. The summed E-state index contributed by atoms with van der Waals surface area (Å²) in [5, 5.41) is 2.97. The van der Waals surface area contributed by atoms with Crippen LogP contribution in [0.25, 0.3) is 0 Å². The van der Waals surface area contributed by atoms with Gasteiger partial charge in [0.05, 0.1) is 13.7 Å². The van der Waals surface area contributed by atoms with Gasteiger partial charge in [0.15, 0.2) is 0 Å². The van der Waals surface area contributed by atoms with Crippen molar-refractivity contribution in [3.8, 4) is 5.75 Å². The van der Waals surface area contributed by atoms with Gasteiger partial charge in [-0.3, -0.25) is 0 Å². The fraction of sp³-hybridized carbons (Fsp3) is 0.435. The van der Waals surface area contributed by atoms with Gasteiger partial charge in [-0.05, 0) is 54.2 Å². The average molecular weight is 401 g/mol. The number of methoxy groups -OCH3 is 2. The summed E-state index contributed by atoms with van der Waals surface area (Å²) in [6.45, 7) is 1.01. The number of hydrogen-bond acceptors (Lipinski definition) is 4. The van der Waals surface area contributed by atoms with Crippen molar-refractivity contribution < 1.29 is 23.4 Å². The molecule has 1 aliphatic rings. The number of nitrogens with one attached hydrogen (secondary N) is 1. The van der Waals surface area contributed by atoms with Crippen molar-refractivity contribution in [2.45, 2.75) is 31.2 Å². The van der Waals surface area contributed by atoms with E-state index in [9.17, 15) is 9.18 Å². The van der Waals surface area contributed by atoms with Gasteiger partial charge in [-0.15, -0.1) is 0 Å². The molecule has 1 fully saturated rings. The molecule has 2 aromatic carbocycles. The molecule has 156 valence electrons. The Morgan fingerprint density at radius 3 is 2.59 bits per heavy atom. The second-order valence-corrected chi connectivity index (χ2v) is 7.28. The summed E-state index contributed by atoms with van der Waals surface area (Å²) in [7, 11) is 3.00. The number of ether oxygens (including phenoxy) is 3. The lowest BCUT2D eigenvalue weighted by Gasteiger charge is -2.30. The third-order valence-corrected chi connectivity index (χ3v) is 5.49. The fourth-order valence-corrected chi connectivity index (χ4v) is 4.18. The van der Waals surface area contributed by atoms with E-state index in [1.54, 1.807) is 19.2 Å². The largest absolute Gasteiger partial charge is 0.491 e. The van der Waals surface area contributed by atoms with Gasteiger partial charge in [-0.1, -0.05) is 30.7 Å². The van der Waals surface area contributed by atoms with Crippen molar-refractivity contribution in [1.29, 1.82) is 0 Å². The lowest BCUT2D eigenvalue weighted by atomic mass is 9.78. The molecule has 29 heavy (non-hydrogen) atoms. The zero-order valence-electron chi connectivity index (χ0n) is 16.9. The van der Waals surface area contributed by atoms with Gasteiger partial charge >= 0.3 is 6.09 Å². The van der Waals surface area contributed by atoms with Gasteiger partial charge in [0.2, 0.25) is 0 Å². The quantitative estimate of drug-likeness (QED) is 0.662. The molecule has 1 saturated carbocycles. The first kappa shape index (κ1) is 21.1. The maximum atomic E-state index is 14.0. The zero-order valence-corrected chi connectivity index (χ0v) is 16.9. The van der Waals surface area contributed by atoms with Crippen LogP contribution >= 0.6 is 0 Å². The number of amides is 1. The molecule has 0 radical (unpaired) electrons. The van der Waals surface area contributed by atoms with Crippen LogP contribution in [-0.4, -0.2) is 39.6 Å². The van der Waals surface area contributed by atoms with E-state index >= 15 is 0 Å². The number of hydrogen-bond donors (Lipinski definition) is 1. The molecule has 0 spiro atoms. The Hall–Kier alpha value is -2.60. The van der Waals surface area contributed by atoms with E-state index in [-0.39, 0.29) is 23.7 Å². The Morgan fingerprint density at radius 1 is 1.10 bits per heavy atom. The second kappa shape index (κ2) is 10.3. The molecule has 0 bridgehead atoms. The summed E-state index contributed by atoms with van der Waals surface area (Å²) in [5.41, 5.74) is 1.97. The summed E-state index contributed by atoms with van der Waals surface area (Å²) in [6.07, 6.45) is 2.40. The first-order chi connectivity index (χ1) is 14.1. The van der Waals surface area contributed by atoms with Crippen LogP contribution in [0.2, 0.25) is 0 Å².